The van der Waals surface area contributed by atoms with Crippen molar-refractivity contribution in [2.24, 2.45) is 23.7 Å². The first-order valence-corrected chi connectivity index (χ1v) is 10.6. The summed E-state index contributed by atoms with van der Waals surface area (Å²) in [6.45, 7) is -0.222. The Morgan fingerprint density at radius 2 is 1.54 bits per heavy atom. The van der Waals surface area contributed by atoms with E-state index in [9.17, 15) is 14.4 Å². The quantitative estimate of drug-likeness (QED) is 0.367. The smallest absolute Gasteiger partial charge is 0.326 e. The Morgan fingerprint density at radius 1 is 1.00 bits per heavy atom. The van der Waals surface area contributed by atoms with Gasteiger partial charge in [0.15, 0.2) is 0 Å². The van der Waals surface area contributed by atoms with E-state index in [1.54, 1.807) is 0 Å². The molecule has 24 heavy (non-hydrogen) atoms. The number of hydrogen-bond donors (Lipinski definition) is 0. The zero-order valence-electron chi connectivity index (χ0n) is 13.3. The van der Waals surface area contributed by atoms with Crippen LogP contribution in [0.15, 0.2) is 0 Å². The van der Waals surface area contributed by atoms with Crippen LogP contribution in [0.5, 0.6) is 0 Å². The summed E-state index contributed by atoms with van der Waals surface area (Å²) in [6.07, 6.45) is 5.97. The molecule has 0 spiro atoms. The van der Waals surface area contributed by atoms with Gasteiger partial charge >= 0.3 is 5.97 Å². The minimum Gasteiger partial charge on any atom is -0.461 e. The van der Waals surface area contributed by atoms with E-state index in [0.29, 0.717) is 0 Å². The summed E-state index contributed by atoms with van der Waals surface area (Å²) in [4.78, 5) is 39.2. The number of ether oxygens (including phenoxy) is 1. The topological polar surface area (TPSA) is 63.7 Å². The molecular weight excluding hydrogens is 442 g/mol. The zero-order chi connectivity index (χ0) is 17.0. The van der Waals surface area contributed by atoms with E-state index < -0.39 is 5.97 Å². The number of hydrogen-bond acceptors (Lipinski definition) is 4. The molecular formula is C17H21Br2NO4. The maximum atomic E-state index is 12.7. The average Bonchev–Trinajstić information content (AvgIpc) is 3.16. The van der Waals surface area contributed by atoms with Crippen LogP contribution >= 0.6 is 31.9 Å². The summed E-state index contributed by atoms with van der Waals surface area (Å²) >= 11 is 7.32. The summed E-state index contributed by atoms with van der Waals surface area (Å²) in [6, 6.07) is 0. The molecule has 1 heterocycles. The fourth-order valence-electron chi connectivity index (χ4n) is 5.10. The van der Waals surface area contributed by atoms with Gasteiger partial charge in [-0.2, -0.15) is 0 Å². The van der Waals surface area contributed by atoms with Gasteiger partial charge in [-0.3, -0.25) is 19.3 Å². The van der Waals surface area contributed by atoms with Gasteiger partial charge in [0, 0.05) is 9.65 Å². The number of likely N-dealkylation sites (tertiary alicyclic amines) is 1. The third-order valence-corrected chi connectivity index (χ3v) is 9.42. The molecule has 4 rings (SSSR count). The van der Waals surface area contributed by atoms with Crippen LogP contribution in [0, 0.1) is 23.7 Å². The average molecular weight is 463 g/mol. The molecule has 1 saturated heterocycles. The van der Waals surface area contributed by atoms with Crippen LogP contribution in [0.2, 0.25) is 0 Å². The van der Waals surface area contributed by atoms with Crippen LogP contribution in [-0.2, 0) is 19.1 Å². The Morgan fingerprint density at radius 3 is 2.08 bits per heavy atom. The molecule has 5 nitrogen and oxygen atoms in total. The van der Waals surface area contributed by atoms with Crippen LogP contribution < -0.4 is 0 Å². The molecule has 0 radical (unpaired) electrons. The second-order valence-corrected chi connectivity index (χ2v) is 9.63. The highest BCUT2D eigenvalue weighted by atomic mass is 79.9. The Kier molecular flexibility index (Phi) is 4.52. The van der Waals surface area contributed by atoms with E-state index in [4.69, 9.17) is 4.74 Å². The van der Waals surface area contributed by atoms with Crippen LogP contribution in [0.1, 0.15) is 38.5 Å². The number of amides is 2. The number of rotatable bonds is 3. The van der Waals surface area contributed by atoms with Crippen LogP contribution in [0.3, 0.4) is 0 Å². The van der Waals surface area contributed by atoms with Gasteiger partial charge in [0.25, 0.3) is 0 Å². The summed E-state index contributed by atoms with van der Waals surface area (Å²) < 4.78 is 5.48. The van der Waals surface area contributed by atoms with Crippen molar-refractivity contribution < 1.29 is 19.1 Å². The van der Waals surface area contributed by atoms with Gasteiger partial charge < -0.3 is 4.74 Å². The maximum absolute atomic E-state index is 12.7. The Bertz CT molecular complexity index is 545. The number of alkyl halides is 2. The van der Waals surface area contributed by atoms with Gasteiger partial charge in [0.1, 0.15) is 12.6 Å². The third-order valence-electron chi connectivity index (χ3n) is 6.22. The molecule has 4 fully saturated rings. The van der Waals surface area contributed by atoms with E-state index >= 15 is 0 Å². The van der Waals surface area contributed by atoms with Crippen LogP contribution in [0.4, 0.5) is 0 Å². The van der Waals surface area contributed by atoms with Crippen molar-refractivity contribution in [3.63, 3.8) is 0 Å². The minimum absolute atomic E-state index is 0.0476. The van der Waals surface area contributed by atoms with Gasteiger partial charge in [0.05, 0.1) is 11.8 Å². The van der Waals surface area contributed by atoms with E-state index in [1.165, 1.54) is 6.42 Å². The highest BCUT2D eigenvalue weighted by Gasteiger charge is 2.66. The molecule has 7 heteroatoms. The lowest BCUT2D eigenvalue weighted by molar-refractivity contribution is -0.158. The monoisotopic (exact) mass is 461 g/mol. The fraction of sp³-hybridized carbons (Fsp3) is 0.824. The molecule has 3 aliphatic carbocycles. The first-order valence-electron chi connectivity index (χ1n) is 8.82. The van der Waals surface area contributed by atoms with Crippen molar-refractivity contribution in [3.05, 3.63) is 0 Å². The highest BCUT2D eigenvalue weighted by Crippen LogP contribution is 2.60. The predicted molar refractivity (Wildman–Crippen MR) is 93.7 cm³/mol. The third kappa shape index (κ3) is 2.57. The molecule has 0 N–H and O–H groups in total. The molecule has 6 atom stereocenters. The van der Waals surface area contributed by atoms with E-state index in [2.05, 4.69) is 31.9 Å². The molecule has 3 saturated carbocycles. The largest absolute Gasteiger partial charge is 0.461 e. The molecule has 4 aliphatic rings. The van der Waals surface area contributed by atoms with Gasteiger partial charge in [-0.05, 0) is 43.9 Å². The normalized spacial score (nSPS) is 41.8. The lowest BCUT2D eigenvalue weighted by Gasteiger charge is -2.28. The van der Waals surface area contributed by atoms with Gasteiger partial charge in [-0.25, -0.2) is 0 Å². The first-order chi connectivity index (χ1) is 11.5. The molecule has 0 aromatic rings. The molecule has 132 valence electrons. The Balaban J connectivity index is 1.43. The predicted octanol–water partition coefficient (Wildman–Crippen LogP) is 2.64. The molecule has 1 aliphatic heterocycles. The molecule has 2 bridgehead atoms. The van der Waals surface area contributed by atoms with Crippen molar-refractivity contribution in [3.8, 4) is 0 Å². The number of imide groups is 1. The lowest BCUT2D eigenvalue weighted by atomic mass is 9.81. The minimum atomic E-state index is -0.443. The number of carbonyl (C=O) groups excluding carboxylic acids is 3. The van der Waals surface area contributed by atoms with Crippen molar-refractivity contribution >= 4 is 49.6 Å². The van der Waals surface area contributed by atoms with Crippen LogP contribution in [0.25, 0.3) is 0 Å². The van der Waals surface area contributed by atoms with E-state index in [-0.39, 0.29) is 57.8 Å². The van der Waals surface area contributed by atoms with Gasteiger partial charge in [-0.15, -0.1) is 0 Å². The summed E-state index contributed by atoms with van der Waals surface area (Å²) in [5.41, 5.74) is 0. The van der Waals surface area contributed by atoms with E-state index in [0.717, 1.165) is 37.0 Å². The summed E-state index contributed by atoms with van der Waals surface area (Å²) in [5, 5.41) is 0. The highest BCUT2D eigenvalue weighted by molar-refractivity contribution is 9.12. The molecule has 0 aromatic carbocycles. The number of nitrogens with zero attached hydrogens (tertiary/aromatic N) is 1. The number of carbonyl (C=O) groups is 3. The Hall–Kier alpha value is -0.430. The molecule has 2 amide bonds. The fourth-order valence-corrected chi connectivity index (χ4v) is 6.98. The van der Waals surface area contributed by atoms with Crippen LogP contribution in [-0.4, -0.2) is 45.0 Å². The summed E-state index contributed by atoms with van der Waals surface area (Å²) in [5.74, 6) is -0.961. The number of fused-ring (bicyclic) bond motifs is 5. The SMILES string of the molecule is O=C(CN1C(=O)[C@@H]2[C@@H]3C[C@@H]([C@H](Br)[C@@H]3Br)[C@@H]2C1=O)OC1CCCCC1. The molecule has 0 aromatic heterocycles. The number of halogens is 2. The zero-order valence-corrected chi connectivity index (χ0v) is 16.5. The second-order valence-electron chi connectivity index (χ2n) is 7.52. The van der Waals surface area contributed by atoms with Crippen molar-refractivity contribution in [1.82, 2.24) is 4.90 Å². The molecule has 0 unspecified atom stereocenters. The lowest BCUT2D eigenvalue weighted by Crippen LogP contribution is -2.39. The van der Waals surface area contributed by atoms with Crippen molar-refractivity contribution in [2.45, 2.75) is 54.3 Å². The van der Waals surface area contributed by atoms with Crippen molar-refractivity contribution in [2.75, 3.05) is 6.54 Å². The van der Waals surface area contributed by atoms with Crippen molar-refractivity contribution in [1.29, 1.82) is 0 Å². The maximum Gasteiger partial charge on any atom is 0.326 e. The van der Waals surface area contributed by atoms with Gasteiger partial charge in [0.2, 0.25) is 11.8 Å². The second kappa shape index (κ2) is 6.38. The summed E-state index contributed by atoms with van der Waals surface area (Å²) in [7, 11) is 0. The number of esters is 1. The van der Waals surface area contributed by atoms with Gasteiger partial charge in [-0.1, -0.05) is 38.3 Å². The first kappa shape index (κ1) is 17.0. The standard InChI is InChI=1S/C17H21Br2NO4/c18-14-9-6-10(15(14)19)13-12(9)16(22)20(17(13)23)7-11(21)24-8-4-2-1-3-5-8/h8-10,12-15H,1-7H2/t9-,10+,12+,13-,14+,15-. The Labute approximate surface area is 158 Å². The van der Waals surface area contributed by atoms with E-state index in [1.807, 2.05) is 0 Å².